The van der Waals surface area contributed by atoms with E-state index < -0.39 is 0 Å². The molecule has 8 heteroatoms. The highest BCUT2D eigenvalue weighted by atomic mass is 35.5. The first-order valence-corrected chi connectivity index (χ1v) is 6.07. The lowest BCUT2D eigenvalue weighted by Gasteiger charge is -2.23. The van der Waals surface area contributed by atoms with E-state index in [-0.39, 0.29) is 36.8 Å². The van der Waals surface area contributed by atoms with Crippen LogP contribution in [-0.2, 0) is 0 Å². The summed E-state index contributed by atoms with van der Waals surface area (Å²) in [7, 11) is 1.72. The van der Waals surface area contributed by atoms with Crippen LogP contribution in [-0.4, -0.2) is 45.2 Å². The predicted molar refractivity (Wildman–Crippen MR) is 86.5 cm³/mol. The lowest BCUT2D eigenvalue weighted by molar-refractivity contribution is 0.0742. The number of nitrogens with two attached hydrogens (primary N) is 1. The van der Waals surface area contributed by atoms with Crippen molar-refractivity contribution in [1.29, 1.82) is 0 Å². The van der Waals surface area contributed by atoms with Gasteiger partial charge >= 0.3 is 0 Å². The first kappa shape index (κ1) is 19.4. The van der Waals surface area contributed by atoms with Crippen LogP contribution in [0.25, 0.3) is 5.82 Å². The van der Waals surface area contributed by atoms with Gasteiger partial charge in [-0.25, -0.2) is 9.67 Å². The van der Waals surface area contributed by atoms with Crippen molar-refractivity contribution in [1.82, 2.24) is 19.7 Å². The molecule has 2 rings (SSSR count). The Kier molecular flexibility index (Phi) is 7.94. The zero-order valence-electron chi connectivity index (χ0n) is 11.8. The number of likely N-dealkylation sites (N-methyl/N-ethyl adjacent to an activating group) is 1. The maximum absolute atomic E-state index is 12.2. The van der Waals surface area contributed by atoms with Gasteiger partial charge in [0, 0.05) is 32.0 Å². The summed E-state index contributed by atoms with van der Waals surface area (Å²) in [4.78, 5) is 18.2. The number of rotatable bonds is 4. The van der Waals surface area contributed by atoms with Crippen LogP contribution in [0.3, 0.4) is 0 Å². The van der Waals surface area contributed by atoms with Crippen LogP contribution in [0.15, 0.2) is 36.7 Å². The molecule has 0 saturated carbocycles. The molecule has 21 heavy (non-hydrogen) atoms. The molecule has 0 aliphatic heterocycles. The second-order valence-electron chi connectivity index (χ2n) is 4.33. The van der Waals surface area contributed by atoms with Crippen molar-refractivity contribution in [2.75, 3.05) is 13.6 Å². The number of pyridine rings is 1. The van der Waals surface area contributed by atoms with Crippen molar-refractivity contribution in [2.24, 2.45) is 5.73 Å². The van der Waals surface area contributed by atoms with Gasteiger partial charge in [0.15, 0.2) is 5.82 Å². The van der Waals surface area contributed by atoms with Crippen molar-refractivity contribution in [3.63, 3.8) is 0 Å². The molecule has 0 radical (unpaired) electrons. The minimum atomic E-state index is -0.146. The van der Waals surface area contributed by atoms with Crippen molar-refractivity contribution in [3.8, 4) is 5.82 Å². The van der Waals surface area contributed by atoms with Gasteiger partial charge in [-0.1, -0.05) is 6.07 Å². The molecule has 0 fully saturated rings. The molecule has 0 aliphatic carbocycles. The molecular formula is C13H19Cl2N5O. The van der Waals surface area contributed by atoms with E-state index in [1.54, 1.807) is 53.3 Å². The maximum Gasteiger partial charge on any atom is 0.272 e. The molecule has 1 unspecified atom stereocenters. The molecular weight excluding hydrogens is 313 g/mol. The minimum absolute atomic E-state index is 0. The minimum Gasteiger partial charge on any atom is -0.336 e. The fourth-order valence-electron chi connectivity index (χ4n) is 1.61. The summed E-state index contributed by atoms with van der Waals surface area (Å²) in [5, 5.41) is 4.09. The molecule has 6 nitrogen and oxygen atoms in total. The van der Waals surface area contributed by atoms with Crippen LogP contribution >= 0.6 is 24.8 Å². The van der Waals surface area contributed by atoms with E-state index >= 15 is 0 Å². The normalized spacial score (nSPS) is 11.0. The Morgan fingerprint density at radius 3 is 2.67 bits per heavy atom. The Morgan fingerprint density at radius 1 is 1.38 bits per heavy atom. The van der Waals surface area contributed by atoms with E-state index in [0.717, 1.165) is 0 Å². The van der Waals surface area contributed by atoms with E-state index in [4.69, 9.17) is 5.73 Å². The number of hydrogen-bond donors (Lipinski definition) is 1. The second kappa shape index (κ2) is 8.61. The topological polar surface area (TPSA) is 77.0 Å². The zero-order valence-corrected chi connectivity index (χ0v) is 13.5. The SMILES string of the molecule is CC(CN)N(C)C(=O)c1cccc(-n2cccn2)n1.Cl.Cl. The molecule has 2 N–H and O–H groups in total. The standard InChI is InChI=1S/C13H17N5O.2ClH/c1-10(9-14)17(2)13(19)11-5-3-6-12(16-11)18-8-4-7-15-18;;/h3-8,10H,9,14H2,1-2H3;2*1H. The van der Waals surface area contributed by atoms with Crippen molar-refractivity contribution >= 4 is 30.7 Å². The lowest BCUT2D eigenvalue weighted by Crippen LogP contribution is -2.40. The molecule has 0 spiro atoms. The first-order valence-electron chi connectivity index (χ1n) is 6.07. The Balaban J connectivity index is 0.00000200. The third-order valence-electron chi connectivity index (χ3n) is 3.02. The van der Waals surface area contributed by atoms with Crippen LogP contribution in [0.2, 0.25) is 0 Å². The van der Waals surface area contributed by atoms with Gasteiger partial charge in [-0.05, 0) is 25.1 Å². The van der Waals surface area contributed by atoms with Gasteiger partial charge in [0.1, 0.15) is 5.69 Å². The summed E-state index contributed by atoms with van der Waals surface area (Å²) in [6, 6.07) is 7.06. The van der Waals surface area contributed by atoms with Gasteiger partial charge in [-0.3, -0.25) is 4.79 Å². The molecule has 2 aromatic rings. The van der Waals surface area contributed by atoms with Crippen LogP contribution in [0.5, 0.6) is 0 Å². The van der Waals surface area contributed by atoms with E-state index in [1.165, 1.54) is 0 Å². The number of hydrogen-bond acceptors (Lipinski definition) is 4. The third-order valence-corrected chi connectivity index (χ3v) is 3.02. The van der Waals surface area contributed by atoms with Gasteiger partial charge in [0.05, 0.1) is 0 Å². The number of carbonyl (C=O) groups is 1. The molecule has 1 atom stereocenters. The summed E-state index contributed by atoms with van der Waals surface area (Å²) in [5.41, 5.74) is 5.95. The third kappa shape index (κ3) is 4.42. The summed E-state index contributed by atoms with van der Waals surface area (Å²) >= 11 is 0. The van der Waals surface area contributed by atoms with Crippen LogP contribution in [0, 0.1) is 0 Å². The smallest absolute Gasteiger partial charge is 0.272 e. The van der Waals surface area contributed by atoms with E-state index in [2.05, 4.69) is 10.1 Å². The highest BCUT2D eigenvalue weighted by Crippen LogP contribution is 2.08. The molecule has 0 aromatic carbocycles. The highest BCUT2D eigenvalue weighted by Gasteiger charge is 2.18. The van der Waals surface area contributed by atoms with Crippen LogP contribution < -0.4 is 5.73 Å². The Labute approximate surface area is 136 Å². The second-order valence-corrected chi connectivity index (χ2v) is 4.33. The highest BCUT2D eigenvalue weighted by molar-refractivity contribution is 5.92. The van der Waals surface area contributed by atoms with E-state index in [9.17, 15) is 4.79 Å². The molecule has 2 heterocycles. The van der Waals surface area contributed by atoms with Gasteiger partial charge in [-0.2, -0.15) is 5.10 Å². The number of carbonyl (C=O) groups excluding carboxylic acids is 1. The largest absolute Gasteiger partial charge is 0.336 e. The predicted octanol–water partition coefficient (Wildman–Crippen LogP) is 1.53. The first-order chi connectivity index (χ1) is 9.13. The number of amides is 1. The Bertz CT molecular complexity index is 561. The van der Waals surface area contributed by atoms with Gasteiger partial charge in [-0.15, -0.1) is 24.8 Å². The Hall–Kier alpha value is -1.63. The van der Waals surface area contributed by atoms with Gasteiger partial charge in [0.2, 0.25) is 0 Å². The zero-order chi connectivity index (χ0) is 13.8. The van der Waals surface area contributed by atoms with Crippen molar-refractivity contribution < 1.29 is 4.79 Å². The maximum atomic E-state index is 12.2. The average Bonchev–Trinajstić information content (AvgIpc) is 2.99. The molecule has 0 bridgehead atoms. The summed E-state index contributed by atoms with van der Waals surface area (Å²) in [6.07, 6.45) is 3.45. The quantitative estimate of drug-likeness (QED) is 0.921. The number of halogens is 2. The lowest BCUT2D eigenvalue weighted by atomic mass is 10.2. The van der Waals surface area contributed by atoms with Crippen LogP contribution in [0.4, 0.5) is 0 Å². The number of nitrogens with zero attached hydrogens (tertiary/aromatic N) is 4. The fourth-order valence-corrected chi connectivity index (χ4v) is 1.61. The number of aromatic nitrogens is 3. The van der Waals surface area contributed by atoms with E-state index in [0.29, 0.717) is 18.1 Å². The monoisotopic (exact) mass is 331 g/mol. The molecule has 0 saturated heterocycles. The molecule has 116 valence electrons. The van der Waals surface area contributed by atoms with Gasteiger partial charge < -0.3 is 10.6 Å². The van der Waals surface area contributed by atoms with Crippen molar-refractivity contribution in [2.45, 2.75) is 13.0 Å². The molecule has 0 aliphatic rings. The Morgan fingerprint density at radius 2 is 2.10 bits per heavy atom. The summed E-state index contributed by atoms with van der Waals surface area (Å²) in [5.74, 6) is 0.469. The van der Waals surface area contributed by atoms with E-state index in [1.807, 2.05) is 6.92 Å². The summed E-state index contributed by atoms with van der Waals surface area (Å²) < 4.78 is 1.61. The average molecular weight is 332 g/mol. The summed E-state index contributed by atoms with van der Waals surface area (Å²) in [6.45, 7) is 2.32. The van der Waals surface area contributed by atoms with Gasteiger partial charge in [0.25, 0.3) is 5.91 Å². The molecule has 1 amide bonds. The fraction of sp³-hybridized carbons (Fsp3) is 0.308. The molecule has 2 aromatic heterocycles. The van der Waals surface area contributed by atoms with Crippen LogP contribution in [0.1, 0.15) is 17.4 Å². The van der Waals surface area contributed by atoms with Crippen molar-refractivity contribution in [3.05, 3.63) is 42.4 Å².